The Hall–Kier alpha value is -2.09. The van der Waals surface area contributed by atoms with Crippen LogP contribution in [-0.4, -0.2) is 6.29 Å². The van der Waals surface area contributed by atoms with Crippen LogP contribution < -0.4 is 4.74 Å². The summed E-state index contributed by atoms with van der Waals surface area (Å²) in [5, 5.41) is 0. The first-order valence-corrected chi connectivity index (χ1v) is 6.46. The molecule has 2 nitrogen and oxygen atoms in total. The summed E-state index contributed by atoms with van der Waals surface area (Å²) in [7, 11) is 0. The van der Waals surface area contributed by atoms with E-state index in [0.717, 1.165) is 17.4 Å². The molecule has 0 fully saturated rings. The number of aldehydes is 1. The summed E-state index contributed by atoms with van der Waals surface area (Å²) < 4.78 is 5.72. The van der Waals surface area contributed by atoms with Crippen LogP contribution in [0.15, 0.2) is 48.5 Å². The van der Waals surface area contributed by atoms with Gasteiger partial charge in [0.25, 0.3) is 0 Å². The van der Waals surface area contributed by atoms with E-state index in [9.17, 15) is 4.79 Å². The van der Waals surface area contributed by atoms with Gasteiger partial charge >= 0.3 is 0 Å². The molecule has 19 heavy (non-hydrogen) atoms. The van der Waals surface area contributed by atoms with E-state index in [-0.39, 0.29) is 0 Å². The first-order chi connectivity index (χ1) is 9.20. The Labute approximate surface area is 114 Å². The number of carbonyl (C=O) groups is 1. The Balaban J connectivity index is 2.14. The zero-order valence-corrected chi connectivity index (χ0v) is 11.3. The van der Waals surface area contributed by atoms with E-state index >= 15 is 0 Å². The lowest BCUT2D eigenvalue weighted by atomic mass is 10.0. The molecule has 0 spiro atoms. The SMILES string of the molecule is CC(C)c1ccc(OCc2ccccc2)c(C=O)c1. The summed E-state index contributed by atoms with van der Waals surface area (Å²) in [6.07, 6.45) is 0.853. The van der Waals surface area contributed by atoms with Crippen LogP contribution in [0.2, 0.25) is 0 Å². The molecule has 2 rings (SSSR count). The van der Waals surface area contributed by atoms with Crippen molar-refractivity contribution in [2.24, 2.45) is 0 Å². The van der Waals surface area contributed by atoms with Crippen LogP contribution in [0.25, 0.3) is 0 Å². The lowest BCUT2D eigenvalue weighted by Gasteiger charge is -2.11. The first-order valence-electron chi connectivity index (χ1n) is 6.46. The Morgan fingerprint density at radius 3 is 2.47 bits per heavy atom. The summed E-state index contributed by atoms with van der Waals surface area (Å²) in [6.45, 7) is 4.69. The van der Waals surface area contributed by atoms with Crippen molar-refractivity contribution in [2.75, 3.05) is 0 Å². The summed E-state index contributed by atoms with van der Waals surface area (Å²) in [5.41, 5.74) is 2.85. The average Bonchev–Trinajstić information content (AvgIpc) is 2.45. The zero-order chi connectivity index (χ0) is 13.7. The number of benzene rings is 2. The van der Waals surface area contributed by atoms with Crippen LogP contribution in [0.1, 0.15) is 41.3 Å². The molecule has 0 aliphatic rings. The van der Waals surface area contributed by atoms with Gasteiger partial charge in [-0.3, -0.25) is 4.79 Å². The number of hydrogen-bond donors (Lipinski definition) is 0. The minimum atomic E-state index is 0.405. The molecule has 2 heteroatoms. The molecule has 0 saturated carbocycles. The molecule has 0 N–H and O–H groups in total. The molecule has 0 bridgehead atoms. The van der Waals surface area contributed by atoms with Gasteiger partial charge in [0.1, 0.15) is 12.4 Å². The van der Waals surface area contributed by atoms with Crippen LogP contribution >= 0.6 is 0 Å². The maximum atomic E-state index is 11.1. The number of ether oxygens (including phenoxy) is 1. The molecule has 0 aliphatic carbocycles. The quantitative estimate of drug-likeness (QED) is 0.747. The molecule has 2 aromatic rings. The maximum absolute atomic E-state index is 11.1. The normalized spacial score (nSPS) is 10.5. The third-order valence-electron chi connectivity index (χ3n) is 3.06. The summed E-state index contributed by atoms with van der Waals surface area (Å²) >= 11 is 0. The fraction of sp³-hybridized carbons (Fsp3) is 0.235. The van der Waals surface area contributed by atoms with Gasteiger partial charge in [0, 0.05) is 0 Å². The maximum Gasteiger partial charge on any atom is 0.153 e. The van der Waals surface area contributed by atoms with Gasteiger partial charge in [-0.1, -0.05) is 50.2 Å². The van der Waals surface area contributed by atoms with E-state index in [1.807, 2.05) is 48.5 Å². The third kappa shape index (κ3) is 3.44. The predicted octanol–water partition coefficient (Wildman–Crippen LogP) is 4.20. The fourth-order valence-electron chi connectivity index (χ4n) is 1.88. The lowest BCUT2D eigenvalue weighted by molar-refractivity contribution is 0.111. The van der Waals surface area contributed by atoms with Gasteiger partial charge in [0.15, 0.2) is 6.29 Å². The highest BCUT2D eigenvalue weighted by atomic mass is 16.5. The molecule has 0 saturated heterocycles. The monoisotopic (exact) mass is 254 g/mol. The largest absolute Gasteiger partial charge is 0.488 e. The molecule has 0 radical (unpaired) electrons. The van der Waals surface area contributed by atoms with Crippen LogP contribution in [0, 0.1) is 0 Å². The van der Waals surface area contributed by atoms with Crippen LogP contribution in [-0.2, 0) is 6.61 Å². The van der Waals surface area contributed by atoms with Crippen LogP contribution in [0.5, 0.6) is 5.75 Å². The first kappa shape index (κ1) is 13.3. The topological polar surface area (TPSA) is 26.3 Å². The Morgan fingerprint density at radius 2 is 1.84 bits per heavy atom. The highest BCUT2D eigenvalue weighted by Crippen LogP contribution is 2.23. The number of rotatable bonds is 5. The van der Waals surface area contributed by atoms with E-state index < -0.39 is 0 Å². The Kier molecular flexibility index (Phi) is 4.35. The van der Waals surface area contributed by atoms with Gasteiger partial charge in [0.2, 0.25) is 0 Å². The highest BCUT2D eigenvalue weighted by molar-refractivity contribution is 5.79. The fourth-order valence-corrected chi connectivity index (χ4v) is 1.88. The second kappa shape index (κ2) is 6.19. The second-order valence-corrected chi connectivity index (χ2v) is 4.84. The molecule has 0 aromatic heterocycles. The van der Waals surface area contributed by atoms with Crippen molar-refractivity contribution in [3.05, 3.63) is 65.2 Å². The number of carbonyl (C=O) groups excluding carboxylic acids is 1. The predicted molar refractivity (Wildman–Crippen MR) is 76.7 cm³/mol. The molecule has 0 atom stereocenters. The minimum absolute atomic E-state index is 0.405. The van der Waals surface area contributed by atoms with E-state index in [1.54, 1.807) is 0 Å². The van der Waals surface area contributed by atoms with E-state index in [0.29, 0.717) is 23.8 Å². The smallest absolute Gasteiger partial charge is 0.153 e. The van der Waals surface area contributed by atoms with E-state index in [4.69, 9.17) is 4.74 Å². The van der Waals surface area contributed by atoms with Gasteiger partial charge in [-0.25, -0.2) is 0 Å². The van der Waals surface area contributed by atoms with Crippen molar-refractivity contribution in [2.45, 2.75) is 26.4 Å². The van der Waals surface area contributed by atoms with Crippen LogP contribution in [0.3, 0.4) is 0 Å². The standard InChI is InChI=1S/C17H18O2/c1-13(2)15-8-9-17(16(10-15)11-18)19-12-14-6-4-3-5-7-14/h3-11,13H,12H2,1-2H3. The van der Waals surface area contributed by atoms with Crippen molar-refractivity contribution in [3.63, 3.8) is 0 Å². The Morgan fingerprint density at radius 1 is 1.11 bits per heavy atom. The molecule has 98 valence electrons. The highest BCUT2D eigenvalue weighted by Gasteiger charge is 2.07. The Bertz CT molecular complexity index is 544. The van der Waals surface area contributed by atoms with Crippen molar-refractivity contribution in [1.29, 1.82) is 0 Å². The lowest BCUT2D eigenvalue weighted by Crippen LogP contribution is -1.99. The van der Waals surface area contributed by atoms with Gasteiger partial charge in [-0.2, -0.15) is 0 Å². The average molecular weight is 254 g/mol. The molecular weight excluding hydrogens is 236 g/mol. The summed E-state index contributed by atoms with van der Waals surface area (Å²) in [6, 6.07) is 15.7. The summed E-state index contributed by atoms with van der Waals surface area (Å²) in [5.74, 6) is 1.05. The van der Waals surface area contributed by atoms with E-state index in [1.165, 1.54) is 0 Å². The summed E-state index contributed by atoms with van der Waals surface area (Å²) in [4.78, 5) is 11.1. The van der Waals surface area contributed by atoms with Gasteiger partial charge in [0.05, 0.1) is 5.56 Å². The molecule has 2 aromatic carbocycles. The minimum Gasteiger partial charge on any atom is -0.488 e. The molecule has 0 amide bonds. The zero-order valence-electron chi connectivity index (χ0n) is 11.3. The third-order valence-corrected chi connectivity index (χ3v) is 3.06. The van der Waals surface area contributed by atoms with Crippen molar-refractivity contribution < 1.29 is 9.53 Å². The van der Waals surface area contributed by atoms with Gasteiger partial charge < -0.3 is 4.74 Å². The number of hydrogen-bond acceptors (Lipinski definition) is 2. The van der Waals surface area contributed by atoms with Gasteiger partial charge in [-0.05, 0) is 29.2 Å². The molecular formula is C17H18O2. The van der Waals surface area contributed by atoms with Gasteiger partial charge in [-0.15, -0.1) is 0 Å². The van der Waals surface area contributed by atoms with Crippen molar-refractivity contribution in [1.82, 2.24) is 0 Å². The molecule has 0 aliphatic heterocycles. The molecule has 0 heterocycles. The molecule has 0 unspecified atom stereocenters. The van der Waals surface area contributed by atoms with Crippen LogP contribution in [0.4, 0.5) is 0 Å². The second-order valence-electron chi connectivity index (χ2n) is 4.84. The van der Waals surface area contributed by atoms with E-state index in [2.05, 4.69) is 13.8 Å². The van der Waals surface area contributed by atoms with Crippen molar-refractivity contribution in [3.8, 4) is 5.75 Å². The van der Waals surface area contributed by atoms with Crippen molar-refractivity contribution >= 4 is 6.29 Å².